The fourth-order valence-corrected chi connectivity index (χ4v) is 2.14. The van der Waals surface area contributed by atoms with Crippen molar-refractivity contribution in [1.82, 2.24) is 26.6 Å². The minimum Gasteiger partial charge on any atom is -0.400 e. The molecule has 0 atom stereocenters. The Kier molecular flexibility index (Phi) is 36.2. The van der Waals surface area contributed by atoms with E-state index in [4.69, 9.17) is 5.11 Å². The maximum atomic E-state index is 7.00. The van der Waals surface area contributed by atoms with Gasteiger partial charge in [0.15, 0.2) is 17.1 Å². The fraction of sp³-hybridized carbons (Fsp3) is 0.812. The Morgan fingerprint density at radius 3 is 1.29 bits per heavy atom. The van der Waals surface area contributed by atoms with Gasteiger partial charge < -0.3 is 43.2 Å². The smallest absolute Gasteiger partial charge is 0.191 e. The van der Waals surface area contributed by atoms with Gasteiger partial charge >= 0.3 is 0 Å². The number of aliphatic imine (C=N–C) groups is 3. The van der Waals surface area contributed by atoms with E-state index in [9.17, 15) is 0 Å². The summed E-state index contributed by atoms with van der Waals surface area (Å²) in [6, 6.07) is 0. The van der Waals surface area contributed by atoms with Gasteiger partial charge in [-0.3, -0.25) is 15.0 Å². The van der Waals surface area contributed by atoms with Crippen LogP contribution in [-0.2, 0) is 0 Å². The van der Waals surface area contributed by atoms with Crippen LogP contribution in [0.2, 0.25) is 0 Å². The van der Waals surface area contributed by atoms with E-state index in [1.54, 1.807) is 25.9 Å². The molecule has 0 aromatic heterocycles. The quantitative estimate of drug-likeness (QED) is 0.220. The zero-order chi connectivity index (χ0) is 21.3. The number of nitrogens with one attached hydrogen (secondary N) is 5. The van der Waals surface area contributed by atoms with Crippen molar-refractivity contribution < 1.29 is 5.11 Å². The fourth-order valence-electron chi connectivity index (χ4n) is 1.68. The highest BCUT2D eigenvalue weighted by Crippen LogP contribution is 1.97. The van der Waals surface area contributed by atoms with E-state index in [-0.39, 0.29) is 7.43 Å². The number of hydrogen-bond donors (Lipinski definition) is 8. The molecule has 3 heterocycles. The Balaban J connectivity index is -0.000000134. The molecular formula is C16H44N10OS. The van der Waals surface area contributed by atoms with E-state index < -0.39 is 0 Å². The summed E-state index contributed by atoms with van der Waals surface area (Å²) in [4.78, 5) is 11.9. The Morgan fingerprint density at radius 2 is 1.14 bits per heavy atom. The molecule has 0 aromatic carbocycles. The Labute approximate surface area is 175 Å². The van der Waals surface area contributed by atoms with Crippen LogP contribution in [0.3, 0.4) is 0 Å². The van der Waals surface area contributed by atoms with Crippen LogP contribution in [0.1, 0.15) is 7.43 Å². The monoisotopic (exact) mass is 424 g/mol. The van der Waals surface area contributed by atoms with Crippen LogP contribution in [0.25, 0.3) is 0 Å². The second-order valence-electron chi connectivity index (χ2n) is 4.17. The van der Waals surface area contributed by atoms with E-state index in [2.05, 4.69) is 53.0 Å². The number of aliphatic hydroxyl groups excluding tert-OH is 1. The molecule has 3 aliphatic heterocycles. The SMILES string of the molecule is C.CN.CN.CN=C1NCCN1.CN=C1NCCN1.CO.CSC1=NCCN1. The minimum absolute atomic E-state index is 0. The van der Waals surface area contributed by atoms with E-state index in [1.165, 1.54) is 14.1 Å². The Bertz CT molecular complexity index is 352. The second-order valence-corrected chi connectivity index (χ2v) is 4.96. The van der Waals surface area contributed by atoms with E-state index in [0.717, 1.165) is 63.5 Å². The van der Waals surface area contributed by atoms with Gasteiger partial charge in [-0.1, -0.05) is 19.2 Å². The molecule has 2 fully saturated rings. The molecular weight excluding hydrogens is 380 g/mol. The number of guanidine groups is 2. The molecule has 0 aliphatic carbocycles. The number of amidine groups is 1. The molecule has 0 saturated carbocycles. The third-order valence-electron chi connectivity index (χ3n) is 2.70. The molecule has 0 spiro atoms. The molecule has 0 aromatic rings. The van der Waals surface area contributed by atoms with Crippen LogP contribution in [-0.4, -0.2) is 103 Å². The number of nitrogens with zero attached hydrogens (tertiary/aromatic N) is 3. The third-order valence-corrected chi connectivity index (χ3v) is 3.36. The summed E-state index contributed by atoms with van der Waals surface area (Å²) < 4.78 is 0. The van der Waals surface area contributed by atoms with Crippen LogP contribution in [0.5, 0.6) is 0 Å². The van der Waals surface area contributed by atoms with Crippen molar-refractivity contribution in [3.05, 3.63) is 0 Å². The highest BCUT2D eigenvalue weighted by atomic mass is 32.2. The van der Waals surface area contributed by atoms with Gasteiger partial charge in [-0.15, -0.1) is 0 Å². The van der Waals surface area contributed by atoms with Crippen molar-refractivity contribution in [2.45, 2.75) is 7.43 Å². The standard InChI is InChI=1S/2C4H9N3.C4H8N2S.2CH5N.CH4O.CH4/c2*1-5-4-6-2-3-7-4;1-7-4-5-2-3-6-4;3*1-2;/h2*2-3H2,1H3,(H2,5,6,7);2-3H2,1H3,(H,5,6);2*2H2,1H3;2H,1H3;1H4. The average Bonchev–Trinajstić information content (AvgIpc) is 3.56. The Morgan fingerprint density at radius 1 is 0.786 bits per heavy atom. The first-order valence-corrected chi connectivity index (χ1v) is 9.84. The number of thioether (sulfide) groups is 1. The van der Waals surface area contributed by atoms with Gasteiger partial charge in [0.05, 0.1) is 6.54 Å². The summed E-state index contributed by atoms with van der Waals surface area (Å²) in [5.74, 6) is 1.83. The van der Waals surface area contributed by atoms with Gasteiger partial charge in [-0.25, -0.2) is 0 Å². The number of hydrogen-bond acceptors (Lipinski definition) is 8. The van der Waals surface area contributed by atoms with Gasteiger partial charge in [-0.05, 0) is 20.4 Å². The summed E-state index contributed by atoms with van der Waals surface area (Å²) in [6.07, 6.45) is 2.02. The molecule has 10 N–H and O–H groups in total. The molecule has 0 bridgehead atoms. The van der Waals surface area contributed by atoms with Crippen molar-refractivity contribution in [1.29, 1.82) is 0 Å². The van der Waals surface area contributed by atoms with Crippen molar-refractivity contribution in [2.75, 3.05) is 80.8 Å². The zero-order valence-corrected chi connectivity index (χ0v) is 18.4. The normalized spacial score (nSPS) is 14.4. The maximum Gasteiger partial charge on any atom is 0.191 e. The molecule has 0 radical (unpaired) electrons. The number of aliphatic hydroxyl groups is 1. The summed E-state index contributed by atoms with van der Waals surface area (Å²) >= 11 is 1.67. The van der Waals surface area contributed by atoms with Crippen molar-refractivity contribution in [3.8, 4) is 0 Å². The predicted octanol–water partition coefficient (Wildman–Crippen LogP) is -1.97. The highest BCUT2D eigenvalue weighted by Gasteiger charge is 2.01. The Hall–Kier alpha value is -1.76. The summed E-state index contributed by atoms with van der Waals surface area (Å²) in [6.45, 7) is 6.00. The maximum absolute atomic E-state index is 7.00. The largest absolute Gasteiger partial charge is 0.400 e. The summed E-state index contributed by atoms with van der Waals surface area (Å²) in [5, 5.41) is 23.4. The summed E-state index contributed by atoms with van der Waals surface area (Å²) in [7, 11) is 7.53. The van der Waals surface area contributed by atoms with Crippen LogP contribution in [0.4, 0.5) is 0 Å². The van der Waals surface area contributed by atoms with E-state index in [1.807, 2.05) is 6.26 Å². The van der Waals surface area contributed by atoms with Crippen LogP contribution in [0, 0.1) is 0 Å². The van der Waals surface area contributed by atoms with Crippen LogP contribution >= 0.6 is 11.8 Å². The van der Waals surface area contributed by atoms with Gasteiger partial charge in [0, 0.05) is 53.9 Å². The molecule has 3 aliphatic rings. The number of nitrogens with two attached hydrogens (primary N) is 2. The van der Waals surface area contributed by atoms with Crippen LogP contribution in [0.15, 0.2) is 15.0 Å². The molecule has 170 valence electrons. The lowest BCUT2D eigenvalue weighted by Crippen LogP contribution is -2.23. The molecule has 0 unspecified atom stereocenters. The first-order chi connectivity index (χ1) is 13.3. The molecule has 12 heteroatoms. The number of rotatable bonds is 0. The third kappa shape index (κ3) is 20.6. The van der Waals surface area contributed by atoms with Gasteiger partial charge in [-0.2, -0.15) is 0 Å². The lowest BCUT2D eigenvalue weighted by atomic mass is 10.7. The van der Waals surface area contributed by atoms with Gasteiger partial charge in [0.2, 0.25) is 0 Å². The van der Waals surface area contributed by atoms with Crippen LogP contribution < -0.4 is 38.1 Å². The average molecular weight is 425 g/mol. The molecule has 0 amide bonds. The van der Waals surface area contributed by atoms with Gasteiger partial charge in [0.1, 0.15) is 0 Å². The summed E-state index contributed by atoms with van der Waals surface area (Å²) in [5.41, 5.74) is 9.00. The molecule has 3 rings (SSSR count). The minimum atomic E-state index is 0. The predicted molar refractivity (Wildman–Crippen MR) is 128 cm³/mol. The first kappa shape index (κ1) is 33.8. The molecule has 2 saturated heterocycles. The molecule has 28 heavy (non-hydrogen) atoms. The lowest BCUT2D eigenvalue weighted by Gasteiger charge is -1.91. The van der Waals surface area contributed by atoms with E-state index >= 15 is 0 Å². The topological polar surface area (TPSA) is 170 Å². The van der Waals surface area contributed by atoms with E-state index in [0.29, 0.717) is 0 Å². The zero-order valence-electron chi connectivity index (χ0n) is 17.6. The van der Waals surface area contributed by atoms with Crippen molar-refractivity contribution in [2.24, 2.45) is 26.4 Å². The van der Waals surface area contributed by atoms with Gasteiger partial charge in [0.25, 0.3) is 0 Å². The second kappa shape index (κ2) is 30.0. The molecule has 11 nitrogen and oxygen atoms in total. The first-order valence-electron chi connectivity index (χ1n) is 8.61. The van der Waals surface area contributed by atoms with Crippen molar-refractivity contribution in [3.63, 3.8) is 0 Å². The van der Waals surface area contributed by atoms with Crippen molar-refractivity contribution >= 4 is 28.8 Å². The highest BCUT2D eigenvalue weighted by molar-refractivity contribution is 8.13. The lowest BCUT2D eigenvalue weighted by molar-refractivity contribution is 0.399.